The van der Waals surface area contributed by atoms with Crippen molar-refractivity contribution in [1.82, 2.24) is 9.88 Å². The summed E-state index contributed by atoms with van der Waals surface area (Å²) in [7, 11) is 1.59. The fourth-order valence-electron chi connectivity index (χ4n) is 4.58. The molecule has 0 bridgehead atoms. The van der Waals surface area contributed by atoms with Crippen molar-refractivity contribution in [2.24, 2.45) is 0 Å². The van der Waals surface area contributed by atoms with Crippen LogP contribution in [0.15, 0.2) is 30.3 Å². The molecule has 1 aromatic heterocycles. The van der Waals surface area contributed by atoms with Gasteiger partial charge >= 0.3 is 0 Å². The maximum Gasteiger partial charge on any atom is 0.291 e. The second-order valence-electron chi connectivity index (χ2n) is 9.39. The third-order valence-corrected chi connectivity index (χ3v) is 6.64. The summed E-state index contributed by atoms with van der Waals surface area (Å²) in [6.07, 6.45) is 2.42. The van der Waals surface area contributed by atoms with Crippen molar-refractivity contribution in [3.8, 4) is 17.2 Å². The number of benzene rings is 1. The minimum atomic E-state index is -0.672. The first kappa shape index (κ1) is 25.3. The third-order valence-electron chi connectivity index (χ3n) is 6.64. The van der Waals surface area contributed by atoms with Crippen LogP contribution in [0.1, 0.15) is 50.3 Å². The number of nitrogens with one attached hydrogen (secondary N) is 1. The standard InChI is InChI=1S/C27H31N5O4/c1-17-16-31(10-11-32(17)24(34)9-12-36-3)26-21(15-28)14-23(25(30-26)19-7-8-19)20-5-4-6-22(13-20)29-27(35)18(2)33/h4-6,13-14,17,19H,7-12,16H2,1-3H3,(H,29,35). The number of hydrogen-bond donors (Lipinski definition) is 1. The summed E-state index contributed by atoms with van der Waals surface area (Å²) in [5, 5.41) is 12.6. The zero-order valence-electron chi connectivity index (χ0n) is 20.9. The monoisotopic (exact) mass is 489 g/mol. The summed E-state index contributed by atoms with van der Waals surface area (Å²) < 4.78 is 5.05. The lowest BCUT2D eigenvalue weighted by Crippen LogP contribution is -2.54. The second-order valence-corrected chi connectivity index (χ2v) is 9.39. The molecule has 1 atom stereocenters. The van der Waals surface area contributed by atoms with Crippen LogP contribution in [-0.2, 0) is 19.1 Å². The van der Waals surface area contributed by atoms with E-state index in [2.05, 4.69) is 16.3 Å². The molecule has 0 radical (unpaired) electrons. The molecule has 1 aromatic carbocycles. The molecule has 9 heteroatoms. The van der Waals surface area contributed by atoms with E-state index in [1.807, 2.05) is 30.0 Å². The Morgan fingerprint density at radius 1 is 1.22 bits per heavy atom. The molecular formula is C27H31N5O4. The van der Waals surface area contributed by atoms with Gasteiger partial charge < -0.3 is 19.9 Å². The number of nitrogens with zero attached hydrogens (tertiary/aromatic N) is 4. The van der Waals surface area contributed by atoms with Gasteiger partial charge in [-0.3, -0.25) is 14.4 Å². The van der Waals surface area contributed by atoms with E-state index in [1.54, 1.807) is 19.2 Å². The normalized spacial score (nSPS) is 17.4. The van der Waals surface area contributed by atoms with Crippen LogP contribution < -0.4 is 10.2 Å². The van der Waals surface area contributed by atoms with E-state index in [-0.39, 0.29) is 11.9 Å². The van der Waals surface area contributed by atoms with Crippen molar-refractivity contribution in [1.29, 1.82) is 5.26 Å². The second kappa shape index (κ2) is 10.9. The Labute approximate surface area is 211 Å². The fourth-order valence-corrected chi connectivity index (χ4v) is 4.58. The van der Waals surface area contributed by atoms with Crippen molar-refractivity contribution in [2.75, 3.05) is 43.6 Å². The van der Waals surface area contributed by atoms with E-state index >= 15 is 0 Å². The van der Waals surface area contributed by atoms with Gasteiger partial charge in [-0.15, -0.1) is 0 Å². The lowest BCUT2D eigenvalue weighted by atomic mass is 9.98. The molecule has 4 rings (SSSR count). The minimum absolute atomic E-state index is 0.0120. The Morgan fingerprint density at radius 3 is 2.64 bits per heavy atom. The molecule has 188 valence electrons. The van der Waals surface area contributed by atoms with Gasteiger partial charge in [0.15, 0.2) is 0 Å². The first-order valence-corrected chi connectivity index (χ1v) is 12.2. The summed E-state index contributed by atoms with van der Waals surface area (Å²) >= 11 is 0. The molecule has 1 aliphatic heterocycles. The molecule has 1 N–H and O–H groups in total. The maximum atomic E-state index is 12.5. The van der Waals surface area contributed by atoms with Crippen molar-refractivity contribution >= 4 is 29.1 Å². The van der Waals surface area contributed by atoms with Crippen LogP contribution in [0.3, 0.4) is 0 Å². The van der Waals surface area contributed by atoms with Crippen LogP contribution >= 0.6 is 0 Å². The number of aromatic nitrogens is 1. The molecule has 0 spiro atoms. The molecular weight excluding hydrogens is 458 g/mol. The Hall–Kier alpha value is -3.77. The molecule has 1 saturated carbocycles. The van der Waals surface area contributed by atoms with Gasteiger partial charge in [0.1, 0.15) is 11.9 Å². The van der Waals surface area contributed by atoms with E-state index in [1.165, 1.54) is 6.92 Å². The summed E-state index contributed by atoms with van der Waals surface area (Å²) in [6.45, 7) is 5.39. The van der Waals surface area contributed by atoms with E-state index in [9.17, 15) is 19.6 Å². The third kappa shape index (κ3) is 5.55. The number of ketones is 1. The largest absolute Gasteiger partial charge is 0.384 e. The van der Waals surface area contributed by atoms with Gasteiger partial charge in [-0.1, -0.05) is 12.1 Å². The molecule has 1 saturated heterocycles. The van der Waals surface area contributed by atoms with E-state index in [0.717, 1.165) is 29.7 Å². The topological polar surface area (TPSA) is 116 Å². The summed E-state index contributed by atoms with van der Waals surface area (Å²) in [4.78, 5) is 44.7. The molecule has 2 aromatic rings. The smallest absolute Gasteiger partial charge is 0.291 e. The van der Waals surface area contributed by atoms with Crippen LogP contribution in [0.2, 0.25) is 0 Å². The number of Topliss-reactive ketones (excluding diaryl/α,β-unsaturated/α-hetero) is 1. The molecule has 1 aliphatic carbocycles. The molecule has 2 aliphatic rings. The van der Waals surface area contributed by atoms with Gasteiger partial charge in [0.2, 0.25) is 11.7 Å². The maximum absolute atomic E-state index is 12.5. The Balaban J connectivity index is 1.63. The number of ether oxygens (including phenoxy) is 1. The highest BCUT2D eigenvalue weighted by Gasteiger charge is 2.33. The molecule has 1 unspecified atom stereocenters. The van der Waals surface area contributed by atoms with Crippen LogP contribution in [0.25, 0.3) is 11.1 Å². The van der Waals surface area contributed by atoms with Gasteiger partial charge in [-0.05, 0) is 43.5 Å². The van der Waals surface area contributed by atoms with Gasteiger partial charge in [0.25, 0.3) is 5.91 Å². The Bertz CT molecular complexity index is 1220. The number of pyridine rings is 1. The molecule has 9 nitrogen and oxygen atoms in total. The lowest BCUT2D eigenvalue weighted by molar-refractivity contribution is -0.134. The predicted octanol–water partition coefficient (Wildman–Crippen LogP) is 3.10. The number of piperazine rings is 1. The summed E-state index contributed by atoms with van der Waals surface area (Å²) in [6, 6.07) is 11.4. The number of amides is 2. The number of nitriles is 1. The van der Waals surface area contributed by atoms with E-state index in [0.29, 0.717) is 55.6 Å². The first-order chi connectivity index (χ1) is 17.3. The number of hydrogen-bond acceptors (Lipinski definition) is 7. The lowest BCUT2D eigenvalue weighted by Gasteiger charge is -2.41. The molecule has 36 heavy (non-hydrogen) atoms. The fraction of sp³-hybridized carbons (Fsp3) is 0.444. The van der Waals surface area contributed by atoms with Gasteiger partial charge in [-0.25, -0.2) is 4.98 Å². The van der Waals surface area contributed by atoms with Crippen molar-refractivity contribution in [2.45, 2.75) is 45.1 Å². The highest BCUT2D eigenvalue weighted by molar-refractivity contribution is 6.39. The number of carbonyl (C=O) groups excluding carboxylic acids is 3. The van der Waals surface area contributed by atoms with Crippen LogP contribution in [-0.4, -0.2) is 66.9 Å². The summed E-state index contributed by atoms with van der Waals surface area (Å²) in [5.41, 5.74) is 3.61. The SMILES string of the molecule is COCCC(=O)N1CCN(c2nc(C3CC3)c(-c3cccc(NC(=O)C(C)=O)c3)cc2C#N)CC1C. The predicted molar refractivity (Wildman–Crippen MR) is 136 cm³/mol. The van der Waals surface area contributed by atoms with Crippen LogP contribution in [0, 0.1) is 11.3 Å². The highest BCUT2D eigenvalue weighted by Crippen LogP contribution is 2.45. The highest BCUT2D eigenvalue weighted by atomic mass is 16.5. The first-order valence-electron chi connectivity index (χ1n) is 12.2. The average Bonchev–Trinajstić information content (AvgIpc) is 3.72. The van der Waals surface area contributed by atoms with E-state index in [4.69, 9.17) is 9.72 Å². The number of rotatable bonds is 8. The number of anilines is 2. The van der Waals surface area contributed by atoms with Crippen molar-refractivity contribution in [3.63, 3.8) is 0 Å². The van der Waals surface area contributed by atoms with Gasteiger partial charge in [0, 0.05) is 56.9 Å². The van der Waals surface area contributed by atoms with Crippen LogP contribution in [0.4, 0.5) is 11.5 Å². The van der Waals surface area contributed by atoms with Gasteiger partial charge in [0.05, 0.1) is 24.3 Å². The van der Waals surface area contributed by atoms with Gasteiger partial charge in [-0.2, -0.15) is 5.26 Å². The quantitative estimate of drug-likeness (QED) is 0.567. The minimum Gasteiger partial charge on any atom is -0.384 e. The van der Waals surface area contributed by atoms with Crippen molar-refractivity contribution < 1.29 is 19.1 Å². The van der Waals surface area contributed by atoms with Crippen molar-refractivity contribution in [3.05, 3.63) is 41.6 Å². The zero-order valence-corrected chi connectivity index (χ0v) is 20.9. The summed E-state index contributed by atoms with van der Waals surface area (Å²) in [5.74, 6) is -0.194. The Morgan fingerprint density at radius 2 is 2.00 bits per heavy atom. The van der Waals surface area contributed by atoms with Crippen LogP contribution in [0.5, 0.6) is 0 Å². The van der Waals surface area contributed by atoms with E-state index < -0.39 is 11.7 Å². The molecule has 2 heterocycles. The average molecular weight is 490 g/mol. The molecule has 2 fully saturated rings. The number of methoxy groups -OCH3 is 1. The molecule has 2 amide bonds. The number of carbonyl (C=O) groups is 3. The Kier molecular flexibility index (Phi) is 7.65. The zero-order chi connectivity index (χ0) is 25.8.